The average molecular weight is 485 g/mol. The first kappa shape index (κ1) is 22.0. The monoisotopic (exact) mass is 484 g/mol. The van der Waals surface area contributed by atoms with Crippen molar-refractivity contribution >= 4 is 33.4 Å². The molecule has 2 heterocycles. The molecule has 0 aromatic heterocycles. The first-order chi connectivity index (χ1) is 15.1. The maximum Gasteiger partial charge on any atom is 0.253 e. The summed E-state index contributed by atoms with van der Waals surface area (Å²) in [6.45, 7) is 2.78. The minimum Gasteiger partial charge on any atom is -0.381 e. The number of nitrogens with zero attached hydrogens (tertiary/aromatic N) is 1. The highest BCUT2D eigenvalue weighted by Gasteiger charge is 2.41. The Morgan fingerprint density at radius 3 is 2.10 bits per heavy atom. The molecule has 2 fully saturated rings. The van der Waals surface area contributed by atoms with Crippen molar-refractivity contribution in [3.63, 3.8) is 0 Å². The van der Waals surface area contributed by atoms with Crippen LogP contribution in [0.2, 0.25) is 0 Å². The molecule has 164 valence electrons. The summed E-state index contributed by atoms with van der Waals surface area (Å²) >= 11 is 3.47. The van der Waals surface area contributed by atoms with E-state index in [2.05, 4.69) is 21.2 Å². The molecule has 2 aliphatic rings. The molecule has 2 saturated heterocycles. The molecule has 0 atom stereocenters. The van der Waals surface area contributed by atoms with Crippen LogP contribution >= 0.6 is 15.9 Å². The Labute approximate surface area is 192 Å². The van der Waals surface area contributed by atoms with Crippen LogP contribution in [0.3, 0.4) is 0 Å². The Balaban J connectivity index is 1.49. The van der Waals surface area contributed by atoms with E-state index in [4.69, 9.17) is 4.74 Å². The minimum absolute atomic E-state index is 0.0234. The van der Waals surface area contributed by atoms with Crippen molar-refractivity contribution in [1.82, 2.24) is 4.90 Å². The van der Waals surface area contributed by atoms with E-state index in [1.807, 2.05) is 53.4 Å². The molecule has 2 aromatic carbocycles. The number of anilines is 1. The minimum atomic E-state index is -0.612. The first-order valence-electron chi connectivity index (χ1n) is 11.1. The number of amides is 2. The average Bonchev–Trinajstić information content (AvgIpc) is 3.10. The van der Waals surface area contributed by atoms with Gasteiger partial charge in [0.2, 0.25) is 5.91 Å². The van der Waals surface area contributed by atoms with Gasteiger partial charge in [-0.05, 0) is 67.6 Å². The Kier molecular flexibility index (Phi) is 7.08. The number of rotatable bonds is 4. The molecular formula is C25H29BrN2O3. The van der Waals surface area contributed by atoms with Gasteiger partial charge in [-0.3, -0.25) is 9.59 Å². The fourth-order valence-corrected chi connectivity index (χ4v) is 4.80. The Hall–Kier alpha value is -2.18. The summed E-state index contributed by atoms with van der Waals surface area (Å²) in [6.07, 6.45) is 5.82. The normalized spacial score (nSPS) is 18.8. The van der Waals surface area contributed by atoms with Crippen molar-refractivity contribution < 1.29 is 14.3 Å². The predicted octanol–water partition coefficient (Wildman–Crippen LogP) is 5.15. The zero-order valence-electron chi connectivity index (χ0n) is 17.7. The van der Waals surface area contributed by atoms with Crippen molar-refractivity contribution in [1.29, 1.82) is 0 Å². The number of hydrogen-bond acceptors (Lipinski definition) is 3. The lowest BCUT2D eigenvalue weighted by atomic mass is 9.73. The number of benzene rings is 2. The number of carbonyl (C=O) groups is 2. The van der Waals surface area contributed by atoms with Gasteiger partial charge in [-0.25, -0.2) is 0 Å². The number of ether oxygens (including phenoxy) is 1. The van der Waals surface area contributed by atoms with Crippen LogP contribution in [0.5, 0.6) is 0 Å². The Morgan fingerprint density at radius 2 is 1.48 bits per heavy atom. The zero-order valence-corrected chi connectivity index (χ0v) is 19.3. The van der Waals surface area contributed by atoms with Gasteiger partial charge in [0, 0.05) is 42.0 Å². The van der Waals surface area contributed by atoms with Crippen LogP contribution in [0.4, 0.5) is 5.69 Å². The lowest BCUT2D eigenvalue weighted by Gasteiger charge is -2.36. The predicted molar refractivity (Wildman–Crippen MR) is 125 cm³/mol. The largest absolute Gasteiger partial charge is 0.381 e. The van der Waals surface area contributed by atoms with Gasteiger partial charge in [0.25, 0.3) is 5.91 Å². The molecule has 0 saturated carbocycles. The summed E-state index contributed by atoms with van der Waals surface area (Å²) in [4.78, 5) is 28.2. The van der Waals surface area contributed by atoms with Gasteiger partial charge in [-0.15, -0.1) is 0 Å². The molecule has 31 heavy (non-hydrogen) atoms. The third-order valence-electron chi connectivity index (χ3n) is 6.46. The molecule has 0 spiro atoms. The summed E-state index contributed by atoms with van der Waals surface area (Å²) in [5.74, 6) is 0.0558. The quantitative estimate of drug-likeness (QED) is 0.652. The van der Waals surface area contributed by atoms with Crippen LogP contribution in [0.25, 0.3) is 0 Å². The zero-order chi connectivity index (χ0) is 21.7. The van der Waals surface area contributed by atoms with Crippen LogP contribution in [0.15, 0.2) is 53.0 Å². The Morgan fingerprint density at radius 1 is 0.871 bits per heavy atom. The van der Waals surface area contributed by atoms with Gasteiger partial charge in [-0.2, -0.15) is 0 Å². The van der Waals surface area contributed by atoms with Crippen LogP contribution < -0.4 is 5.32 Å². The summed E-state index contributed by atoms with van der Waals surface area (Å²) in [6, 6.07) is 15.3. The number of likely N-dealkylation sites (tertiary alicyclic amines) is 1. The van der Waals surface area contributed by atoms with Crippen molar-refractivity contribution in [2.45, 2.75) is 43.9 Å². The van der Waals surface area contributed by atoms with Gasteiger partial charge in [0.1, 0.15) is 0 Å². The second kappa shape index (κ2) is 9.96. The molecule has 2 aromatic rings. The van der Waals surface area contributed by atoms with E-state index in [1.165, 1.54) is 12.8 Å². The lowest BCUT2D eigenvalue weighted by molar-refractivity contribution is -0.125. The van der Waals surface area contributed by atoms with Crippen molar-refractivity contribution in [2.24, 2.45) is 0 Å². The summed E-state index contributed by atoms with van der Waals surface area (Å²) < 4.78 is 6.54. The fraction of sp³-hybridized carbons (Fsp3) is 0.440. The van der Waals surface area contributed by atoms with Crippen LogP contribution in [0, 0.1) is 0 Å². The summed E-state index contributed by atoms with van der Waals surface area (Å²) in [5.41, 5.74) is 1.78. The smallest absolute Gasteiger partial charge is 0.253 e. The second-order valence-corrected chi connectivity index (χ2v) is 9.35. The number of nitrogens with one attached hydrogen (secondary N) is 1. The molecule has 1 N–H and O–H groups in total. The standard InChI is InChI=1S/C25H29BrN2O3/c26-21-9-7-20(8-10-21)25(13-17-31-18-14-25)24(30)27-22-11-5-19(6-12-22)23(29)28-15-3-1-2-4-16-28/h5-12H,1-4,13-18H2,(H,27,30). The number of hydrogen-bond donors (Lipinski definition) is 1. The van der Waals surface area contributed by atoms with E-state index in [-0.39, 0.29) is 11.8 Å². The van der Waals surface area contributed by atoms with E-state index < -0.39 is 5.41 Å². The molecule has 0 unspecified atom stereocenters. The molecule has 2 amide bonds. The third-order valence-corrected chi connectivity index (χ3v) is 6.99. The molecule has 0 bridgehead atoms. The van der Waals surface area contributed by atoms with E-state index in [1.54, 1.807) is 0 Å². The highest BCUT2D eigenvalue weighted by Crippen LogP contribution is 2.36. The van der Waals surface area contributed by atoms with Crippen molar-refractivity contribution in [3.8, 4) is 0 Å². The molecular weight excluding hydrogens is 456 g/mol. The number of carbonyl (C=O) groups excluding carboxylic acids is 2. The van der Waals surface area contributed by atoms with Crippen molar-refractivity contribution in [2.75, 3.05) is 31.6 Å². The maximum absolute atomic E-state index is 13.4. The van der Waals surface area contributed by atoms with Crippen LogP contribution in [0.1, 0.15) is 54.4 Å². The molecule has 5 nitrogen and oxygen atoms in total. The molecule has 0 aliphatic carbocycles. The van der Waals surface area contributed by atoms with Crippen LogP contribution in [-0.2, 0) is 14.9 Å². The molecule has 0 radical (unpaired) electrons. The third kappa shape index (κ3) is 5.01. The van der Waals surface area contributed by atoms with Gasteiger partial charge >= 0.3 is 0 Å². The fourth-order valence-electron chi connectivity index (χ4n) is 4.54. The molecule has 6 heteroatoms. The molecule has 2 aliphatic heterocycles. The SMILES string of the molecule is O=C(c1ccc(NC(=O)C2(c3ccc(Br)cc3)CCOCC2)cc1)N1CCCCCC1. The van der Waals surface area contributed by atoms with Gasteiger partial charge in [0.05, 0.1) is 5.41 Å². The van der Waals surface area contributed by atoms with E-state index in [0.717, 1.165) is 36.0 Å². The Bertz CT molecular complexity index is 897. The van der Waals surface area contributed by atoms with Gasteiger partial charge < -0.3 is 15.0 Å². The second-order valence-electron chi connectivity index (χ2n) is 8.44. The van der Waals surface area contributed by atoms with E-state index in [9.17, 15) is 9.59 Å². The lowest BCUT2D eigenvalue weighted by Crippen LogP contribution is -2.44. The highest BCUT2D eigenvalue weighted by atomic mass is 79.9. The van der Waals surface area contributed by atoms with Gasteiger partial charge in [0.15, 0.2) is 0 Å². The molecule has 4 rings (SSSR count). The highest BCUT2D eigenvalue weighted by molar-refractivity contribution is 9.10. The topological polar surface area (TPSA) is 58.6 Å². The van der Waals surface area contributed by atoms with E-state index in [0.29, 0.717) is 37.3 Å². The number of halogens is 1. The summed E-state index contributed by atoms with van der Waals surface area (Å²) in [7, 11) is 0. The summed E-state index contributed by atoms with van der Waals surface area (Å²) in [5, 5.41) is 3.09. The van der Waals surface area contributed by atoms with Crippen LogP contribution in [-0.4, -0.2) is 43.0 Å². The van der Waals surface area contributed by atoms with Crippen molar-refractivity contribution in [3.05, 3.63) is 64.1 Å². The van der Waals surface area contributed by atoms with E-state index >= 15 is 0 Å². The first-order valence-corrected chi connectivity index (χ1v) is 11.9. The maximum atomic E-state index is 13.4. The van der Waals surface area contributed by atoms with Gasteiger partial charge in [-0.1, -0.05) is 40.9 Å².